The Morgan fingerprint density at radius 2 is 2.25 bits per heavy atom. The predicted octanol–water partition coefficient (Wildman–Crippen LogP) is 2.15. The molecular formula is C14H19ClN2O2S. The molecule has 4 nitrogen and oxygen atoms in total. The highest BCUT2D eigenvalue weighted by Crippen LogP contribution is 2.19. The Kier molecular flexibility index (Phi) is 8.31. The molecule has 110 valence electrons. The van der Waals surface area contributed by atoms with Crippen molar-refractivity contribution in [3.05, 3.63) is 35.4 Å². The Labute approximate surface area is 130 Å². The van der Waals surface area contributed by atoms with Gasteiger partial charge >= 0.3 is 5.97 Å². The SMILES string of the molecule is COC(=O)C(N)(CCSC)Cc1cccc(C#N)c1.Cl. The van der Waals surface area contributed by atoms with Gasteiger partial charge in [-0.25, -0.2) is 0 Å². The molecule has 1 atom stereocenters. The monoisotopic (exact) mass is 314 g/mol. The van der Waals surface area contributed by atoms with Crippen molar-refractivity contribution in [1.82, 2.24) is 0 Å². The van der Waals surface area contributed by atoms with E-state index in [0.717, 1.165) is 11.3 Å². The summed E-state index contributed by atoms with van der Waals surface area (Å²) < 4.78 is 4.80. The molecule has 1 aromatic rings. The molecule has 2 N–H and O–H groups in total. The third kappa shape index (κ3) is 5.04. The fourth-order valence-corrected chi connectivity index (χ4v) is 2.43. The molecule has 1 unspecified atom stereocenters. The fourth-order valence-electron chi connectivity index (χ4n) is 1.87. The summed E-state index contributed by atoms with van der Waals surface area (Å²) in [7, 11) is 1.34. The molecule has 0 radical (unpaired) electrons. The maximum absolute atomic E-state index is 11.9. The van der Waals surface area contributed by atoms with Gasteiger partial charge in [0.25, 0.3) is 0 Å². The molecule has 0 bridgehead atoms. The first-order valence-electron chi connectivity index (χ1n) is 5.91. The zero-order valence-corrected chi connectivity index (χ0v) is 13.2. The van der Waals surface area contributed by atoms with Crippen molar-refractivity contribution in [2.45, 2.75) is 18.4 Å². The van der Waals surface area contributed by atoms with Gasteiger partial charge in [-0.2, -0.15) is 17.0 Å². The molecule has 0 aliphatic rings. The highest BCUT2D eigenvalue weighted by molar-refractivity contribution is 7.98. The van der Waals surface area contributed by atoms with Gasteiger partial charge in [0.2, 0.25) is 0 Å². The Morgan fingerprint density at radius 3 is 2.80 bits per heavy atom. The van der Waals surface area contributed by atoms with Crippen molar-refractivity contribution in [1.29, 1.82) is 5.26 Å². The van der Waals surface area contributed by atoms with Crippen LogP contribution in [-0.4, -0.2) is 30.6 Å². The molecule has 1 rings (SSSR count). The van der Waals surface area contributed by atoms with Gasteiger partial charge in [0.05, 0.1) is 18.7 Å². The number of halogens is 1. The molecule has 0 heterocycles. The van der Waals surface area contributed by atoms with E-state index in [2.05, 4.69) is 6.07 Å². The molecule has 0 amide bonds. The quantitative estimate of drug-likeness (QED) is 0.814. The van der Waals surface area contributed by atoms with Gasteiger partial charge in [0, 0.05) is 6.42 Å². The number of ether oxygens (including phenoxy) is 1. The van der Waals surface area contributed by atoms with Crippen LogP contribution in [0.5, 0.6) is 0 Å². The molecule has 0 aliphatic carbocycles. The van der Waals surface area contributed by atoms with E-state index < -0.39 is 11.5 Å². The lowest BCUT2D eigenvalue weighted by Crippen LogP contribution is -2.51. The molecule has 0 aliphatic heterocycles. The second-order valence-electron chi connectivity index (χ2n) is 4.38. The molecule has 1 aromatic carbocycles. The molecular weight excluding hydrogens is 296 g/mol. The number of nitrogens with zero attached hydrogens (tertiary/aromatic N) is 1. The highest BCUT2D eigenvalue weighted by atomic mass is 35.5. The number of nitriles is 1. The third-order valence-corrected chi connectivity index (χ3v) is 3.53. The maximum Gasteiger partial charge on any atom is 0.326 e. The number of rotatable bonds is 6. The van der Waals surface area contributed by atoms with E-state index in [1.165, 1.54) is 7.11 Å². The normalized spacial score (nSPS) is 12.7. The minimum atomic E-state index is -1.04. The number of methoxy groups -OCH3 is 1. The van der Waals surface area contributed by atoms with Crippen molar-refractivity contribution >= 4 is 30.1 Å². The number of benzene rings is 1. The Bertz CT molecular complexity index is 490. The van der Waals surface area contributed by atoms with Crippen molar-refractivity contribution < 1.29 is 9.53 Å². The second-order valence-corrected chi connectivity index (χ2v) is 5.37. The number of carbonyl (C=O) groups is 1. The van der Waals surface area contributed by atoms with Gasteiger partial charge in [0.1, 0.15) is 5.54 Å². The summed E-state index contributed by atoms with van der Waals surface area (Å²) in [6.07, 6.45) is 2.88. The molecule has 0 spiro atoms. The summed E-state index contributed by atoms with van der Waals surface area (Å²) in [5, 5.41) is 8.88. The summed E-state index contributed by atoms with van der Waals surface area (Å²) in [5.74, 6) is 0.368. The van der Waals surface area contributed by atoms with E-state index in [1.807, 2.05) is 12.3 Å². The first-order chi connectivity index (χ1) is 9.05. The lowest BCUT2D eigenvalue weighted by Gasteiger charge is -2.26. The number of hydrogen-bond donors (Lipinski definition) is 1. The van der Waals surface area contributed by atoms with Crippen LogP contribution in [0.1, 0.15) is 17.5 Å². The van der Waals surface area contributed by atoms with Crippen LogP contribution >= 0.6 is 24.2 Å². The van der Waals surface area contributed by atoms with E-state index in [1.54, 1.807) is 30.0 Å². The summed E-state index contributed by atoms with van der Waals surface area (Å²) in [6, 6.07) is 9.21. The number of esters is 1. The Morgan fingerprint density at radius 1 is 1.55 bits per heavy atom. The molecule has 6 heteroatoms. The van der Waals surface area contributed by atoms with Gasteiger partial charge in [-0.3, -0.25) is 4.79 Å². The number of thioether (sulfide) groups is 1. The average Bonchev–Trinajstić information content (AvgIpc) is 2.44. The number of nitrogens with two attached hydrogens (primary N) is 1. The standard InChI is InChI=1S/C14H18N2O2S.ClH/c1-18-13(17)14(16,6-7-19-2)9-11-4-3-5-12(8-11)10-15;/h3-5,8H,6-7,9,16H2,1-2H3;1H. The second kappa shape index (κ2) is 8.85. The van der Waals surface area contributed by atoms with Gasteiger partial charge in [-0.15, -0.1) is 12.4 Å². The van der Waals surface area contributed by atoms with E-state index in [0.29, 0.717) is 18.4 Å². The van der Waals surface area contributed by atoms with E-state index in [-0.39, 0.29) is 12.4 Å². The lowest BCUT2D eigenvalue weighted by molar-refractivity contribution is -0.147. The van der Waals surface area contributed by atoms with Gasteiger partial charge in [-0.1, -0.05) is 12.1 Å². The van der Waals surface area contributed by atoms with Crippen LogP contribution in [0.25, 0.3) is 0 Å². The minimum Gasteiger partial charge on any atom is -0.468 e. The fraction of sp³-hybridized carbons (Fsp3) is 0.429. The van der Waals surface area contributed by atoms with Gasteiger partial charge < -0.3 is 10.5 Å². The third-order valence-electron chi connectivity index (χ3n) is 2.92. The zero-order valence-electron chi connectivity index (χ0n) is 11.6. The van der Waals surface area contributed by atoms with E-state index >= 15 is 0 Å². The molecule has 0 saturated carbocycles. The maximum atomic E-state index is 11.9. The smallest absolute Gasteiger partial charge is 0.326 e. The molecule has 0 saturated heterocycles. The van der Waals surface area contributed by atoms with Crippen LogP contribution < -0.4 is 5.73 Å². The van der Waals surface area contributed by atoms with E-state index in [4.69, 9.17) is 15.7 Å². The zero-order chi connectivity index (χ0) is 14.3. The van der Waals surface area contributed by atoms with Crippen LogP contribution in [0, 0.1) is 11.3 Å². The summed E-state index contributed by atoms with van der Waals surface area (Å²) >= 11 is 1.63. The summed E-state index contributed by atoms with van der Waals surface area (Å²) in [6.45, 7) is 0. The van der Waals surface area contributed by atoms with Gasteiger partial charge in [0.15, 0.2) is 0 Å². The first-order valence-corrected chi connectivity index (χ1v) is 7.30. The minimum absolute atomic E-state index is 0. The highest BCUT2D eigenvalue weighted by Gasteiger charge is 2.34. The Hall–Kier alpha value is -1.22. The van der Waals surface area contributed by atoms with Crippen molar-refractivity contribution in [2.75, 3.05) is 19.1 Å². The average molecular weight is 315 g/mol. The molecule has 0 aromatic heterocycles. The lowest BCUT2D eigenvalue weighted by atomic mass is 9.89. The first kappa shape index (κ1) is 18.8. The van der Waals surface area contributed by atoms with Crippen LogP contribution in [0.3, 0.4) is 0 Å². The Balaban J connectivity index is 0.00000361. The van der Waals surface area contributed by atoms with Gasteiger partial charge in [-0.05, 0) is 36.1 Å². The van der Waals surface area contributed by atoms with Crippen LogP contribution in [0.15, 0.2) is 24.3 Å². The largest absolute Gasteiger partial charge is 0.468 e. The van der Waals surface area contributed by atoms with Crippen LogP contribution in [0.2, 0.25) is 0 Å². The topological polar surface area (TPSA) is 76.1 Å². The number of hydrogen-bond acceptors (Lipinski definition) is 5. The van der Waals surface area contributed by atoms with Crippen molar-refractivity contribution in [3.8, 4) is 6.07 Å². The molecule has 20 heavy (non-hydrogen) atoms. The molecule has 0 fully saturated rings. The van der Waals surface area contributed by atoms with Crippen molar-refractivity contribution in [2.24, 2.45) is 5.73 Å². The summed E-state index contributed by atoms with van der Waals surface area (Å²) in [4.78, 5) is 11.9. The van der Waals surface area contributed by atoms with Crippen LogP contribution in [-0.2, 0) is 16.0 Å². The predicted molar refractivity (Wildman–Crippen MR) is 84.0 cm³/mol. The van der Waals surface area contributed by atoms with E-state index in [9.17, 15) is 4.79 Å². The van der Waals surface area contributed by atoms with Crippen LogP contribution in [0.4, 0.5) is 0 Å². The summed E-state index contributed by atoms with van der Waals surface area (Å²) in [5.41, 5.74) is 6.59. The number of carbonyl (C=O) groups excluding carboxylic acids is 1. The van der Waals surface area contributed by atoms with Crippen molar-refractivity contribution in [3.63, 3.8) is 0 Å².